The summed E-state index contributed by atoms with van der Waals surface area (Å²) in [6.45, 7) is 1.89. The lowest BCUT2D eigenvalue weighted by molar-refractivity contribution is 0.0951. The zero-order chi connectivity index (χ0) is 17.6. The topological polar surface area (TPSA) is 66.5 Å². The standard InChI is InChI=1S/C19H20N2O3S/c1-13-11-15-12-14(19(22)20-16-8-9-16)7-10-18(15)21(13)25(23,24)17-5-3-2-4-6-17/h2-7,10,12-13,16H,8-9,11H2,1H3,(H,20,22)/t13-/m0/s1. The first-order valence-electron chi connectivity index (χ1n) is 8.50. The Morgan fingerprint density at radius 3 is 2.52 bits per heavy atom. The predicted octanol–water partition coefficient (Wildman–Crippen LogP) is 2.72. The molecule has 1 heterocycles. The summed E-state index contributed by atoms with van der Waals surface area (Å²) >= 11 is 0. The second-order valence-corrected chi connectivity index (χ2v) is 8.57. The van der Waals surface area contributed by atoms with Crippen molar-refractivity contribution in [1.29, 1.82) is 0 Å². The molecule has 2 aromatic rings. The van der Waals surface area contributed by atoms with Gasteiger partial charge in [-0.15, -0.1) is 0 Å². The van der Waals surface area contributed by atoms with Crippen LogP contribution in [0.5, 0.6) is 0 Å². The zero-order valence-electron chi connectivity index (χ0n) is 14.0. The van der Waals surface area contributed by atoms with Crippen molar-refractivity contribution in [2.24, 2.45) is 0 Å². The van der Waals surface area contributed by atoms with Crippen LogP contribution in [-0.2, 0) is 16.4 Å². The zero-order valence-corrected chi connectivity index (χ0v) is 14.8. The number of nitrogens with one attached hydrogen (secondary N) is 1. The molecule has 4 rings (SSSR count). The highest BCUT2D eigenvalue weighted by atomic mass is 32.2. The van der Waals surface area contributed by atoms with E-state index in [-0.39, 0.29) is 16.8 Å². The lowest BCUT2D eigenvalue weighted by Crippen LogP contribution is -2.35. The van der Waals surface area contributed by atoms with Gasteiger partial charge in [-0.3, -0.25) is 9.10 Å². The van der Waals surface area contributed by atoms with Crippen LogP contribution in [0.1, 0.15) is 35.7 Å². The number of carbonyl (C=O) groups excluding carboxylic acids is 1. The predicted molar refractivity (Wildman–Crippen MR) is 96.2 cm³/mol. The summed E-state index contributed by atoms with van der Waals surface area (Å²) < 4.78 is 27.5. The summed E-state index contributed by atoms with van der Waals surface area (Å²) in [7, 11) is -3.61. The van der Waals surface area contributed by atoms with Crippen molar-refractivity contribution >= 4 is 21.6 Å². The van der Waals surface area contributed by atoms with Gasteiger partial charge in [0, 0.05) is 17.6 Å². The van der Waals surface area contributed by atoms with Crippen LogP contribution < -0.4 is 9.62 Å². The van der Waals surface area contributed by atoms with Gasteiger partial charge < -0.3 is 5.32 Å². The van der Waals surface area contributed by atoms with E-state index in [0.717, 1.165) is 18.4 Å². The molecule has 1 aliphatic carbocycles. The molecule has 1 atom stereocenters. The van der Waals surface area contributed by atoms with Crippen LogP contribution in [0.15, 0.2) is 53.4 Å². The van der Waals surface area contributed by atoms with Crippen molar-refractivity contribution < 1.29 is 13.2 Å². The second kappa shape index (κ2) is 5.88. The normalized spacial score (nSPS) is 19.6. The molecule has 1 N–H and O–H groups in total. The number of amides is 1. The van der Waals surface area contributed by atoms with Gasteiger partial charge in [-0.25, -0.2) is 8.42 Å². The van der Waals surface area contributed by atoms with E-state index in [2.05, 4.69) is 5.32 Å². The number of nitrogens with zero attached hydrogens (tertiary/aromatic N) is 1. The third kappa shape index (κ3) is 2.91. The lowest BCUT2D eigenvalue weighted by atomic mass is 10.1. The Balaban J connectivity index is 1.68. The van der Waals surface area contributed by atoms with E-state index in [1.54, 1.807) is 42.5 Å². The highest BCUT2D eigenvalue weighted by Gasteiger charge is 2.36. The molecule has 0 saturated heterocycles. The van der Waals surface area contributed by atoms with E-state index in [1.165, 1.54) is 4.31 Å². The summed E-state index contributed by atoms with van der Waals surface area (Å²) in [5.41, 5.74) is 2.16. The molecule has 130 valence electrons. The number of carbonyl (C=O) groups is 1. The van der Waals surface area contributed by atoms with Crippen molar-refractivity contribution in [3.05, 3.63) is 59.7 Å². The summed E-state index contributed by atoms with van der Waals surface area (Å²) in [5, 5.41) is 2.97. The first-order valence-corrected chi connectivity index (χ1v) is 9.94. The van der Waals surface area contributed by atoms with Crippen LogP contribution in [0.4, 0.5) is 5.69 Å². The molecule has 1 saturated carbocycles. The minimum Gasteiger partial charge on any atom is -0.349 e. The molecule has 2 aromatic carbocycles. The third-order valence-electron chi connectivity index (χ3n) is 4.71. The van der Waals surface area contributed by atoms with Gasteiger partial charge in [0.2, 0.25) is 0 Å². The molecule has 1 amide bonds. The average molecular weight is 356 g/mol. The molecule has 1 fully saturated rings. The Bertz CT molecular complexity index is 921. The van der Waals surface area contributed by atoms with Gasteiger partial charge in [0.05, 0.1) is 10.6 Å². The molecule has 1 aliphatic heterocycles. The molecule has 5 nitrogen and oxygen atoms in total. The van der Waals surface area contributed by atoms with E-state index in [1.807, 2.05) is 13.0 Å². The maximum Gasteiger partial charge on any atom is 0.264 e. The highest BCUT2D eigenvalue weighted by Crippen LogP contribution is 2.37. The Hall–Kier alpha value is -2.34. The molecule has 0 aromatic heterocycles. The Morgan fingerprint density at radius 1 is 1.12 bits per heavy atom. The van der Waals surface area contributed by atoms with Crippen LogP contribution in [0.25, 0.3) is 0 Å². The van der Waals surface area contributed by atoms with Crippen LogP contribution in [0.2, 0.25) is 0 Å². The fraction of sp³-hybridized carbons (Fsp3) is 0.316. The molecule has 2 aliphatic rings. The minimum atomic E-state index is -3.61. The van der Waals surface area contributed by atoms with Crippen molar-refractivity contribution in [2.75, 3.05) is 4.31 Å². The molecule has 0 spiro atoms. The molecule has 25 heavy (non-hydrogen) atoms. The van der Waals surface area contributed by atoms with Crippen molar-refractivity contribution in [3.8, 4) is 0 Å². The molecule has 0 unspecified atom stereocenters. The maximum absolute atomic E-state index is 13.0. The van der Waals surface area contributed by atoms with Gasteiger partial charge in [0.25, 0.3) is 15.9 Å². The van der Waals surface area contributed by atoms with Gasteiger partial charge in [-0.2, -0.15) is 0 Å². The van der Waals surface area contributed by atoms with Crippen LogP contribution in [0.3, 0.4) is 0 Å². The fourth-order valence-corrected chi connectivity index (χ4v) is 5.03. The summed E-state index contributed by atoms with van der Waals surface area (Å²) in [6.07, 6.45) is 2.68. The Kier molecular flexibility index (Phi) is 3.80. The number of rotatable bonds is 4. The first-order chi connectivity index (χ1) is 12.0. The molecular formula is C19H20N2O3S. The van der Waals surface area contributed by atoms with Crippen LogP contribution in [0, 0.1) is 0 Å². The SMILES string of the molecule is C[C@H]1Cc2cc(C(=O)NC3CC3)ccc2N1S(=O)(=O)c1ccccc1. The number of sulfonamides is 1. The number of hydrogen-bond acceptors (Lipinski definition) is 3. The number of fused-ring (bicyclic) bond motifs is 1. The van der Waals surface area contributed by atoms with E-state index in [9.17, 15) is 13.2 Å². The number of hydrogen-bond donors (Lipinski definition) is 1. The van der Waals surface area contributed by atoms with Gasteiger partial charge in [0.1, 0.15) is 0 Å². The quantitative estimate of drug-likeness (QED) is 0.916. The molecule has 0 bridgehead atoms. The average Bonchev–Trinajstić information content (AvgIpc) is 3.34. The second-order valence-electron chi connectivity index (χ2n) is 6.76. The lowest BCUT2D eigenvalue weighted by Gasteiger charge is -2.24. The summed E-state index contributed by atoms with van der Waals surface area (Å²) in [4.78, 5) is 12.5. The summed E-state index contributed by atoms with van der Waals surface area (Å²) in [6, 6.07) is 13.9. The number of benzene rings is 2. The first kappa shape index (κ1) is 16.1. The van der Waals surface area contributed by atoms with E-state index in [4.69, 9.17) is 0 Å². The minimum absolute atomic E-state index is 0.0812. The van der Waals surface area contributed by atoms with Gasteiger partial charge in [-0.1, -0.05) is 18.2 Å². The smallest absolute Gasteiger partial charge is 0.264 e. The number of anilines is 1. The molecule has 0 radical (unpaired) electrons. The van der Waals surface area contributed by atoms with Gasteiger partial charge in [-0.05, 0) is 62.1 Å². The highest BCUT2D eigenvalue weighted by molar-refractivity contribution is 7.92. The van der Waals surface area contributed by atoms with Crippen molar-refractivity contribution in [3.63, 3.8) is 0 Å². The van der Waals surface area contributed by atoms with E-state index in [0.29, 0.717) is 23.7 Å². The van der Waals surface area contributed by atoms with Crippen molar-refractivity contribution in [2.45, 2.75) is 43.2 Å². The van der Waals surface area contributed by atoms with Crippen molar-refractivity contribution in [1.82, 2.24) is 5.32 Å². The molecule has 6 heteroatoms. The van der Waals surface area contributed by atoms with E-state index < -0.39 is 10.0 Å². The van der Waals surface area contributed by atoms with Crippen LogP contribution >= 0.6 is 0 Å². The molecular weight excluding hydrogens is 336 g/mol. The van der Waals surface area contributed by atoms with E-state index >= 15 is 0 Å². The van der Waals surface area contributed by atoms with Crippen LogP contribution in [-0.4, -0.2) is 26.4 Å². The largest absolute Gasteiger partial charge is 0.349 e. The van der Waals surface area contributed by atoms with Gasteiger partial charge >= 0.3 is 0 Å². The van der Waals surface area contributed by atoms with Gasteiger partial charge in [0.15, 0.2) is 0 Å². The summed E-state index contributed by atoms with van der Waals surface area (Å²) in [5.74, 6) is -0.0812. The Morgan fingerprint density at radius 2 is 1.84 bits per heavy atom. The monoisotopic (exact) mass is 356 g/mol. The third-order valence-corrected chi connectivity index (χ3v) is 6.65. The maximum atomic E-state index is 13.0. The fourth-order valence-electron chi connectivity index (χ4n) is 3.31. The Labute approximate surface area is 147 Å².